The molecule has 20 heavy (non-hydrogen) atoms. The number of rotatable bonds is 4. The number of nitrogens with zero attached hydrogens (tertiary/aromatic N) is 2. The van der Waals surface area contributed by atoms with E-state index in [9.17, 15) is 4.79 Å². The van der Waals surface area contributed by atoms with Crippen LogP contribution in [0.1, 0.15) is 23.0 Å². The van der Waals surface area contributed by atoms with Crippen LogP contribution in [0.3, 0.4) is 0 Å². The van der Waals surface area contributed by atoms with E-state index in [4.69, 9.17) is 10.5 Å². The zero-order valence-corrected chi connectivity index (χ0v) is 11.4. The fraction of sp³-hybridized carbons (Fsp3) is 0.214. The van der Waals surface area contributed by atoms with Gasteiger partial charge in [-0.25, -0.2) is 9.78 Å². The van der Waals surface area contributed by atoms with Crippen LogP contribution >= 0.6 is 0 Å². The summed E-state index contributed by atoms with van der Waals surface area (Å²) in [6.45, 7) is 3.92. The van der Waals surface area contributed by atoms with Crippen LogP contribution in [0.5, 0.6) is 0 Å². The summed E-state index contributed by atoms with van der Waals surface area (Å²) in [6.07, 6.45) is 3.14. The molecule has 2 aromatic rings. The Bertz CT molecular complexity index is 628. The lowest BCUT2D eigenvalue weighted by molar-refractivity contribution is 0.0527. The summed E-state index contributed by atoms with van der Waals surface area (Å²) in [5, 5.41) is 3.10. The summed E-state index contributed by atoms with van der Waals surface area (Å²) in [7, 11) is 0. The summed E-state index contributed by atoms with van der Waals surface area (Å²) < 4.78 is 4.95. The number of carbonyl (C=O) groups is 1. The number of ether oxygens (including phenoxy) is 1. The lowest BCUT2D eigenvalue weighted by atomic mass is 10.2. The SMILES string of the molecule is CCOC(=O)c1cc(Nc2cccnc2C)ncc1N. The van der Waals surface area contributed by atoms with Crippen molar-refractivity contribution in [1.29, 1.82) is 0 Å². The number of hydrogen-bond acceptors (Lipinski definition) is 6. The van der Waals surface area contributed by atoms with Crippen LogP contribution < -0.4 is 11.1 Å². The number of esters is 1. The van der Waals surface area contributed by atoms with E-state index in [-0.39, 0.29) is 5.69 Å². The molecule has 0 aliphatic rings. The predicted molar refractivity (Wildman–Crippen MR) is 76.9 cm³/mol. The molecular formula is C14H16N4O2. The molecule has 0 aliphatic heterocycles. The van der Waals surface area contributed by atoms with Gasteiger partial charge in [-0.2, -0.15) is 0 Å². The third kappa shape index (κ3) is 3.03. The lowest BCUT2D eigenvalue weighted by Gasteiger charge is -2.10. The zero-order valence-electron chi connectivity index (χ0n) is 11.4. The van der Waals surface area contributed by atoms with Gasteiger partial charge in [-0.15, -0.1) is 0 Å². The highest BCUT2D eigenvalue weighted by Crippen LogP contribution is 2.21. The minimum atomic E-state index is -0.460. The highest BCUT2D eigenvalue weighted by atomic mass is 16.5. The van der Waals surface area contributed by atoms with Gasteiger partial charge in [-0.05, 0) is 32.0 Å². The predicted octanol–water partition coefficient (Wildman–Crippen LogP) is 2.29. The third-order valence-corrected chi connectivity index (χ3v) is 2.70. The van der Waals surface area contributed by atoms with Crippen molar-refractivity contribution < 1.29 is 9.53 Å². The molecule has 104 valence electrons. The summed E-state index contributed by atoms with van der Waals surface area (Å²) in [5.41, 5.74) is 7.98. The van der Waals surface area contributed by atoms with Gasteiger partial charge in [0.05, 0.1) is 35.4 Å². The second kappa shape index (κ2) is 6.01. The van der Waals surface area contributed by atoms with Crippen molar-refractivity contribution in [2.45, 2.75) is 13.8 Å². The fourth-order valence-corrected chi connectivity index (χ4v) is 1.67. The molecule has 6 heteroatoms. The highest BCUT2D eigenvalue weighted by Gasteiger charge is 2.12. The number of aromatic nitrogens is 2. The number of nitrogens with one attached hydrogen (secondary N) is 1. The molecule has 2 aromatic heterocycles. The van der Waals surface area contributed by atoms with Gasteiger partial charge in [0.1, 0.15) is 5.82 Å². The molecule has 0 aromatic carbocycles. The number of anilines is 3. The first-order valence-electron chi connectivity index (χ1n) is 6.23. The Labute approximate surface area is 117 Å². The monoisotopic (exact) mass is 272 g/mol. The summed E-state index contributed by atoms with van der Waals surface area (Å²) in [5.74, 6) is 0.0525. The number of hydrogen-bond donors (Lipinski definition) is 2. The topological polar surface area (TPSA) is 90.1 Å². The van der Waals surface area contributed by atoms with Gasteiger partial charge in [-0.3, -0.25) is 4.98 Å². The Morgan fingerprint density at radius 3 is 2.95 bits per heavy atom. The van der Waals surface area contributed by atoms with Crippen molar-refractivity contribution in [3.63, 3.8) is 0 Å². The lowest BCUT2D eigenvalue weighted by Crippen LogP contribution is -2.09. The molecule has 0 fully saturated rings. The average molecular weight is 272 g/mol. The summed E-state index contributed by atoms with van der Waals surface area (Å²) in [6, 6.07) is 5.27. The maximum atomic E-state index is 11.8. The van der Waals surface area contributed by atoms with Crippen molar-refractivity contribution in [2.75, 3.05) is 17.7 Å². The van der Waals surface area contributed by atoms with Crippen molar-refractivity contribution in [1.82, 2.24) is 9.97 Å². The Hall–Kier alpha value is -2.63. The van der Waals surface area contributed by atoms with E-state index in [1.165, 1.54) is 6.20 Å². The van der Waals surface area contributed by atoms with E-state index < -0.39 is 5.97 Å². The van der Waals surface area contributed by atoms with E-state index in [0.717, 1.165) is 11.4 Å². The smallest absolute Gasteiger partial charge is 0.340 e. The van der Waals surface area contributed by atoms with E-state index in [1.54, 1.807) is 19.2 Å². The normalized spacial score (nSPS) is 10.1. The van der Waals surface area contributed by atoms with Crippen LogP contribution in [-0.2, 0) is 4.74 Å². The Balaban J connectivity index is 2.28. The second-order valence-corrected chi connectivity index (χ2v) is 4.14. The van der Waals surface area contributed by atoms with Crippen LogP contribution in [-0.4, -0.2) is 22.5 Å². The Morgan fingerprint density at radius 1 is 1.45 bits per heavy atom. The standard InChI is InChI=1S/C14H16N4O2/c1-3-20-14(19)10-7-13(17-8-11(10)15)18-12-5-4-6-16-9(12)2/h4-8H,3,15H2,1-2H3,(H,17,18). The van der Waals surface area contributed by atoms with E-state index in [2.05, 4.69) is 15.3 Å². The summed E-state index contributed by atoms with van der Waals surface area (Å²) >= 11 is 0. The molecule has 6 nitrogen and oxygen atoms in total. The quantitative estimate of drug-likeness (QED) is 0.830. The molecule has 0 spiro atoms. The number of pyridine rings is 2. The molecule has 0 radical (unpaired) electrons. The van der Waals surface area contributed by atoms with Gasteiger partial charge in [0.2, 0.25) is 0 Å². The molecule has 0 saturated carbocycles. The van der Waals surface area contributed by atoms with Crippen LogP contribution in [0.15, 0.2) is 30.6 Å². The largest absolute Gasteiger partial charge is 0.462 e. The van der Waals surface area contributed by atoms with Crippen LogP contribution in [0.4, 0.5) is 17.2 Å². The minimum Gasteiger partial charge on any atom is -0.462 e. The van der Waals surface area contributed by atoms with Gasteiger partial charge in [0.15, 0.2) is 0 Å². The summed E-state index contributed by atoms with van der Waals surface area (Å²) in [4.78, 5) is 20.1. The molecule has 0 bridgehead atoms. The van der Waals surface area contributed by atoms with Gasteiger partial charge < -0.3 is 15.8 Å². The molecule has 3 N–H and O–H groups in total. The molecule has 0 aliphatic carbocycles. The third-order valence-electron chi connectivity index (χ3n) is 2.70. The van der Waals surface area contributed by atoms with Gasteiger partial charge in [0.25, 0.3) is 0 Å². The van der Waals surface area contributed by atoms with Gasteiger partial charge >= 0.3 is 5.97 Å². The molecule has 0 amide bonds. The Kier molecular flexibility index (Phi) is 4.14. The number of nitrogen functional groups attached to an aromatic ring is 1. The molecule has 2 heterocycles. The van der Waals surface area contributed by atoms with Crippen molar-refractivity contribution in [2.24, 2.45) is 0 Å². The molecular weight excluding hydrogens is 256 g/mol. The number of carbonyl (C=O) groups excluding carboxylic acids is 1. The fourth-order valence-electron chi connectivity index (χ4n) is 1.67. The van der Waals surface area contributed by atoms with Crippen molar-refractivity contribution in [3.8, 4) is 0 Å². The minimum absolute atomic E-state index is 0.289. The molecule has 0 atom stereocenters. The number of aryl methyl sites for hydroxylation is 1. The van der Waals surface area contributed by atoms with Crippen LogP contribution in [0, 0.1) is 6.92 Å². The molecule has 0 unspecified atom stereocenters. The first-order valence-corrected chi connectivity index (χ1v) is 6.23. The highest BCUT2D eigenvalue weighted by molar-refractivity contribution is 5.95. The maximum absolute atomic E-state index is 11.8. The van der Waals surface area contributed by atoms with Crippen molar-refractivity contribution in [3.05, 3.63) is 41.9 Å². The van der Waals surface area contributed by atoms with Gasteiger partial charge in [-0.1, -0.05) is 0 Å². The average Bonchev–Trinajstić information content (AvgIpc) is 2.43. The van der Waals surface area contributed by atoms with Crippen molar-refractivity contribution >= 4 is 23.2 Å². The maximum Gasteiger partial charge on any atom is 0.340 e. The van der Waals surface area contributed by atoms with E-state index in [1.807, 2.05) is 19.1 Å². The second-order valence-electron chi connectivity index (χ2n) is 4.14. The zero-order chi connectivity index (χ0) is 14.5. The van der Waals surface area contributed by atoms with Crippen LogP contribution in [0.25, 0.3) is 0 Å². The number of nitrogens with two attached hydrogens (primary N) is 1. The van der Waals surface area contributed by atoms with Gasteiger partial charge in [0, 0.05) is 6.20 Å². The first kappa shape index (κ1) is 13.8. The van der Waals surface area contributed by atoms with Crippen LogP contribution in [0.2, 0.25) is 0 Å². The first-order chi connectivity index (χ1) is 9.61. The Morgan fingerprint density at radius 2 is 2.25 bits per heavy atom. The molecule has 2 rings (SSSR count). The molecule has 0 saturated heterocycles. The van der Waals surface area contributed by atoms with E-state index >= 15 is 0 Å². The van der Waals surface area contributed by atoms with E-state index in [0.29, 0.717) is 18.0 Å².